The predicted molar refractivity (Wildman–Crippen MR) is 56.3 cm³/mol. The standard InChI is InChI=1S/C10H13F3NSi/c1-15(2,3)6-14-10-8(12)4-7(11)5-9(10)13/h4-5H,6H2,1-3H3. The molecule has 5 heteroatoms. The van der Waals surface area contributed by atoms with Crippen LogP contribution in [0.1, 0.15) is 0 Å². The topological polar surface area (TPSA) is 14.1 Å². The Kier molecular flexibility index (Phi) is 3.44. The summed E-state index contributed by atoms with van der Waals surface area (Å²) in [6.07, 6.45) is 0.423. The van der Waals surface area contributed by atoms with Gasteiger partial charge in [0.25, 0.3) is 0 Å². The minimum Gasteiger partial charge on any atom is -0.283 e. The minimum absolute atomic E-state index is 0.362. The maximum atomic E-state index is 13.1. The summed E-state index contributed by atoms with van der Waals surface area (Å²) in [7, 11) is -1.49. The highest BCUT2D eigenvalue weighted by atomic mass is 28.3. The summed E-state index contributed by atoms with van der Waals surface area (Å²) in [5.74, 6) is -2.80. The summed E-state index contributed by atoms with van der Waals surface area (Å²) in [6, 6.07) is 1.29. The Morgan fingerprint density at radius 3 is 1.93 bits per heavy atom. The molecule has 1 aromatic carbocycles. The monoisotopic (exact) mass is 232 g/mol. The Balaban J connectivity index is 2.86. The van der Waals surface area contributed by atoms with Crippen molar-refractivity contribution in [3.63, 3.8) is 0 Å². The lowest BCUT2D eigenvalue weighted by atomic mass is 10.3. The fraction of sp³-hybridized carbons (Fsp3) is 0.400. The van der Waals surface area contributed by atoms with Crippen LogP contribution in [-0.2, 0) is 0 Å². The molecule has 0 unspecified atom stereocenters. The molecule has 1 nitrogen and oxygen atoms in total. The second kappa shape index (κ2) is 4.26. The Morgan fingerprint density at radius 2 is 1.53 bits per heavy atom. The van der Waals surface area contributed by atoms with Crippen molar-refractivity contribution in [1.29, 1.82) is 0 Å². The van der Waals surface area contributed by atoms with E-state index in [1.807, 2.05) is 19.6 Å². The van der Waals surface area contributed by atoms with Crippen molar-refractivity contribution in [3.05, 3.63) is 29.6 Å². The molecule has 15 heavy (non-hydrogen) atoms. The van der Waals surface area contributed by atoms with Gasteiger partial charge in [0.1, 0.15) is 11.5 Å². The van der Waals surface area contributed by atoms with Crippen LogP contribution in [0.5, 0.6) is 0 Å². The third-order valence-corrected chi connectivity index (χ3v) is 2.80. The van der Waals surface area contributed by atoms with Crippen LogP contribution in [0.2, 0.25) is 19.6 Å². The number of hydrogen-bond acceptors (Lipinski definition) is 0. The van der Waals surface area contributed by atoms with Crippen LogP contribution in [-0.4, -0.2) is 14.2 Å². The summed E-state index contributed by atoms with van der Waals surface area (Å²) in [5.41, 5.74) is -0.362. The molecule has 0 heterocycles. The van der Waals surface area contributed by atoms with Crippen LogP contribution in [0.25, 0.3) is 0 Å². The van der Waals surface area contributed by atoms with E-state index < -0.39 is 25.5 Å². The fourth-order valence-corrected chi connectivity index (χ4v) is 1.63. The van der Waals surface area contributed by atoms with E-state index in [9.17, 15) is 13.2 Å². The van der Waals surface area contributed by atoms with E-state index in [1.54, 1.807) is 0 Å². The largest absolute Gasteiger partial charge is 0.283 e. The molecule has 0 aliphatic heterocycles. The van der Waals surface area contributed by atoms with Gasteiger partial charge in [0.05, 0.1) is 8.07 Å². The van der Waals surface area contributed by atoms with E-state index in [-0.39, 0.29) is 5.69 Å². The lowest BCUT2D eigenvalue weighted by molar-refractivity contribution is 0.537. The van der Waals surface area contributed by atoms with Crippen molar-refractivity contribution in [2.24, 2.45) is 0 Å². The van der Waals surface area contributed by atoms with Crippen LogP contribution in [0.3, 0.4) is 0 Å². The molecule has 0 fully saturated rings. The zero-order valence-corrected chi connectivity index (χ0v) is 9.94. The lowest BCUT2D eigenvalue weighted by Crippen LogP contribution is -2.31. The maximum Gasteiger partial charge on any atom is 0.154 e. The zero-order chi connectivity index (χ0) is 11.6. The summed E-state index contributed by atoms with van der Waals surface area (Å²) in [4.78, 5) is 0. The molecule has 0 saturated heterocycles. The Labute approximate surface area is 88.3 Å². The second-order valence-corrected chi connectivity index (χ2v) is 10.0. The van der Waals surface area contributed by atoms with Gasteiger partial charge in [-0.15, -0.1) is 0 Å². The summed E-state index contributed by atoms with van der Waals surface area (Å²) in [6.45, 7) is 6.11. The van der Waals surface area contributed by atoms with E-state index in [2.05, 4.69) is 5.32 Å². The third kappa shape index (κ3) is 3.58. The number of halogens is 3. The predicted octanol–water partition coefficient (Wildman–Crippen LogP) is 3.22. The number of hydrogen-bond donors (Lipinski definition) is 0. The summed E-state index contributed by atoms with van der Waals surface area (Å²) < 4.78 is 38.8. The van der Waals surface area contributed by atoms with Crippen LogP contribution >= 0.6 is 0 Å². The highest BCUT2D eigenvalue weighted by Crippen LogP contribution is 2.20. The van der Waals surface area contributed by atoms with E-state index in [4.69, 9.17) is 0 Å². The highest BCUT2D eigenvalue weighted by molar-refractivity contribution is 6.76. The minimum atomic E-state index is -1.49. The molecule has 0 N–H and O–H groups in total. The van der Waals surface area contributed by atoms with Gasteiger partial charge in [-0.1, -0.05) is 19.6 Å². The molecule has 0 atom stereocenters. The highest BCUT2D eigenvalue weighted by Gasteiger charge is 2.18. The average molecular weight is 232 g/mol. The third-order valence-electron chi connectivity index (χ3n) is 1.69. The first-order chi connectivity index (χ1) is 6.79. The molecule has 83 valence electrons. The normalized spacial score (nSPS) is 11.6. The molecule has 1 aromatic rings. The molecule has 0 bridgehead atoms. The first-order valence-corrected chi connectivity index (χ1v) is 8.32. The SMILES string of the molecule is C[Si](C)(C)C[N]c1c(F)cc(F)cc1F. The zero-order valence-electron chi connectivity index (χ0n) is 8.94. The van der Waals surface area contributed by atoms with E-state index in [0.717, 1.165) is 0 Å². The van der Waals surface area contributed by atoms with Gasteiger partial charge in [-0.3, -0.25) is 5.32 Å². The van der Waals surface area contributed by atoms with Crippen LogP contribution in [0, 0.1) is 17.5 Å². The van der Waals surface area contributed by atoms with Gasteiger partial charge in [-0.05, 0) is 0 Å². The lowest BCUT2D eigenvalue weighted by Gasteiger charge is -2.15. The van der Waals surface area contributed by atoms with Gasteiger partial charge in [-0.25, -0.2) is 13.2 Å². The summed E-state index contributed by atoms with van der Waals surface area (Å²) in [5, 5.41) is 3.86. The Hall–Kier alpha value is -0.973. The van der Waals surface area contributed by atoms with Crippen molar-refractivity contribution in [1.82, 2.24) is 5.32 Å². The van der Waals surface area contributed by atoms with Crippen molar-refractivity contribution in [3.8, 4) is 0 Å². The van der Waals surface area contributed by atoms with Gasteiger partial charge in [0.15, 0.2) is 11.6 Å². The van der Waals surface area contributed by atoms with Crippen molar-refractivity contribution in [2.75, 3.05) is 6.17 Å². The molecular formula is C10H13F3NSi. The fourth-order valence-electron chi connectivity index (χ4n) is 1.00. The van der Waals surface area contributed by atoms with Crippen molar-refractivity contribution in [2.45, 2.75) is 19.6 Å². The molecule has 0 aliphatic carbocycles. The summed E-state index contributed by atoms with van der Waals surface area (Å²) >= 11 is 0. The van der Waals surface area contributed by atoms with E-state index >= 15 is 0 Å². The quantitative estimate of drug-likeness (QED) is 0.710. The number of nitrogens with zero attached hydrogens (tertiary/aromatic N) is 1. The molecule has 0 saturated carbocycles. The molecular weight excluding hydrogens is 219 g/mol. The van der Waals surface area contributed by atoms with E-state index in [1.165, 1.54) is 0 Å². The maximum absolute atomic E-state index is 13.1. The van der Waals surface area contributed by atoms with Gasteiger partial charge in [0, 0.05) is 18.3 Å². The van der Waals surface area contributed by atoms with Gasteiger partial charge >= 0.3 is 0 Å². The van der Waals surface area contributed by atoms with Gasteiger partial charge < -0.3 is 0 Å². The first kappa shape index (κ1) is 12.1. The first-order valence-electron chi connectivity index (χ1n) is 4.62. The van der Waals surface area contributed by atoms with Gasteiger partial charge in [-0.2, -0.15) is 0 Å². The molecule has 0 aromatic heterocycles. The van der Waals surface area contributed by atoms with Crippen molar-refractivity contribution >= 4 is 13.8 Å². The number of rotatable bonds is 3. The van der Waals surface area contributed by atoms with E-state index in [0.29, 0.717) is 18.3 Å². The number of benzene rings is 1. The van der Waals surface area contributed by atoms with Crippen molar-refractivity contribution < 1.29 is 13.2 Å². The Bertz CT molecular complexity index is 337. The molecule has 0 amide bonds. The molecule has 1 radical (unpaired) electrons. The Morgan fingerprint density at radius 1 is 1.07 bits per heavy atom. The smallest absolute Gasteiger partial charge is 0.154 e. The average Bonchev–Trinajstić information content (AvgIpc) is 1.99. The molecule has 1 rings (SSSR count). The molecule has 0 aliphatic rings. The van der Waals surface area contributed by atoms with Crippen LogP contribution in [0.15, 0.2) is 12.1 Å². The van der Waals surface area contributed by atoms with Crippen LogP contribution < -0.4 is 5.32 Å². The second-order valence-electron chi connectivity index (χ2n) is 4.59. The molecule has 0 spiro atoms. The van der Waals surface area contributed by atoms with Crippen LogP contribution in [0.4, 0.5) is 18.9 Å². The van der Waals surface area contributed by atoms with Gasteiger partial charge in [0.2, 0.25) is 0 Å².